The van der Waals surface area contributed by atoms with Gasteiger partial charge in [-0.1, -0.05) is 29.8 Å². The van der Waals surface area contributed by atoms with Crippen LogP contribution in [0.15, 0.2) is 22.7 Å². The Hall–Kier alpha value is -1.09. The first-order valence-corrected chi connectivity index (χ1v) is 6.64. The van der Waals surface area contributed by atoms with E-state index in [0.717, 1.165) is 34.3 Å². The van der Waals surface area contributed by atoms with E-state index in [9.17, 15) is 0 Å². The molecule has 2 nitrogen and oxygen atoms in total. The van der Waals surface area contributed by atoms with E-state index in [1.54, 1.807) is 7.11 Å². The molecule has 0 unspecified atom stereocenters. The lowest BCUT2D eigenvalue weighted by Gasteiger charge is -2.09. The zero-order chi connectivity index (χ0) is 12.4. The first-order chi connectivity index (χ1) is 8.19. The highest BCUT2D eigenvalue weighted by atomic mass is 79.9. The fourth-order valence-electron chi connectivity index (χ4n) is 1.97. The van der Waals surface area contributed by atoms with Crippen LogP contribution in [-0.2, 0) is 12.8 Å². The van der Waals surface area contributed by atoms with Gasteiger partial charge in [0.15, 0.2) is 0 Å². The summed E-state index contributed by atoms with van der Waals surface area (Å²) in [6.45, 7) is 4.27. The van der Waals surface area contributed by atoms with Crippen molar-refractivity contribution in [1.82, 2.24) is 4.98 Å². The molecule has 0 radical (unpaired) electrons. The van der Waals surface area contributed by atoms with E-state index in [2.05, 4.69) is 53.0 Å². The lowest BCUT2D eigenvalue weighted by atomic mass is 10.1. The van der Waals surface area contributed by atoms with Crippen molar-refractivity contribution in [3.63, 3.8) is 0 Å². The van der Waals surface area contributed by atoms with E-state index in [4.69, 9.17) is 4.74 Å². The van der Waals surface area contributed by atoms with Crippen molar-refractivity contribution < 1.29 is 4.74 Å². The van der Waals surface area contributed by atoms with Gasteiger partial charge in [0.1, 0.15) is 0 Å². The molecule has 1 aromatic carbocycles. The topological polar surface area (TPSA) is 22.1 Å². The Morgan fingerprint density at radius 1 is 1.12 bits per heavy atom. The maximum atomic E-state index is 5.31. The SMILES string of the molecule is CCc1cc2cc(CC)c(OC)nc2cc1Br. The van der Waals surface area contributed by atoms with Crippen LogP contribution >= 0.6 is 15.9 Å². The van der Waals surface area contributed by atoms with E-state index in [0.29, 0.717) is 0 Å². The van der Waals surface area contributed by atoms with Crippen molar-refractivity contribution in [2.75, 3.05) is 7.11 Å². The summed E-state index contributed by atoms with van der Waals surface area (Å²) in [5.74, 6) is 0.733. The molecule has 0 aliphatic heterocycles. The molecule has 0 saturated heterocycles. The predicted molar refractivity (Wildman–Crippen MR) is 74.8 cm³/mol. The molecule has 0 amide bonds. The van der Waals surface area contributed by atoms with Gasteiger partial charge < -0.3 is 4.74 Å². The van der Waals surface area contributed by atoms with Gasteiger partial charge in [-0.05, 0) is 36.6 Å². The molecule has 0 aliphatic carbocycles. The number of rotatable bonds is 3. The van der Waals surface area contributed by atoms with Gasteiger partial charge in [-0.3, -0.25) is 0 Å². The Labute approximate surface area is 110 Å². The standard InChI is InChI=1S/C14H16BrNO/c1-4-9-6-11-7-10(5-2)14(17-3)16-13(11)8-12(9)15/h6-8H,4-5H2,1-3H3. The molecule has 0 bridgehead atoms. The normalized spacial score (nSPS) is 10.8. The second-order valence-electron chi connectivity index (χ2n) is 4.00. The van der Waals surface area contributed by atoms with Crippen LogP contribution in [0.4, 0.5) is 0 Å². The third-order valence-corrected chi connectivity index (χ3v) is 3.72. The summed E-state index contributed by atoms with van der Waals surface area (Å²) in [5, 5.41) is 1.18. The zero-order valence-electron chi connectivity index (χ0n) is 10.4. The van der Waals surface area contributed by atoms with Gasteiger partial charge in [-0.25, -0.2) is 4.98 Å². The van der Waals surface area contributed by atoms with Crippen molar-refractivity contribution in [1.29, 1.82) is 0 Å². The number of aryl methyl sites for hydroxylation is 2. The number of aromatic nitrogens is 1. The number of nitrogens with zero attached hydrogens (tertiary/aromatic N) is 1. The van der Waals surface area contributed by atoms with E-state index < -0.39 is 0 Å². The first-order valence-electron chi connectivity index (χ1n) is 5.85. The minimum absolute atomic E-state index is 0.733. The van der Waals surface area contributed by atoms with Crippen LogP contribution in [0.5, 0.6) is 5.88 Å². The smallest absolute Gasteiger partial charge is 0.216 e. The van der Waals surface area contributed by atoms with Crippen LogP contribution in [0.3, 0.4) is 0 Å². The molecule has 0 N–H and O–H groups in total. The fraction of sp³-hybridized carbons (Fsp3) is 0.357. The number of hydrogen-bond donors (Lipinski definition) is 0. The van der Waals surface area contributed by atoms with E-state index >= 15 is 0 Å². The van der Waals surface area contributed by atoms with Crippen LogP contribution in [-0.4, -0.2) is 12.1 Å². The average Bonchev–Trinajstić information content (AvgIpc) is 2.36. The number of methoxy groups -OCH3 is 1. The molecule has 2 rings (SSSR count). The summed E-state index contributed by atoms with van der Waals surface area (Å²) in [7, 11) is 1.67. The minimum atomic E-state index is 0.733. The Kier molecular flexibility index (Phi) is 3.67. The highest BCUT2D eigenvalue weighted by molar-refractivity contribution is 9.10. The Balaban J connectivity index is 2.70. The summed E-state index contributed by atoms with van der Waals surface area (Å²) >= 11 is 3.58. The lowest BCUT2D eigenvalue weighted by molar-refractivity contribution is 0.395. The van der Waals surface area contributed by atoms with E-state index in [-0.39, 0.29) is 0 Å². The lowest BCUT2D eigenvalue weighted by Crippen LogP contribution is -1.95. The van der Waals surface area contributed by atoms with Crippen molar-refractivity contribution >= 4 is 26.8 Å². The van der Waals surface area contributed by atoms with Crippen molar-refractivity contribution in [3.05, 3.63) is 33.8 Å². The van der Waals surface area contributed by atoms with Crippen molar-refractivity contribution in [3.8, 4) is 5.88 Å². The number of halogens is 1. The highest BCUT2D eigenvalue weighted by Crippen LogP contribution is 2.28. The maximum absolute atomic E-state index is 5.31. The summed E-state index contributed by atoms with van der Waals surface area (Å²) < 4.78 is 6.43. The van der Waals surface area contributed by atoms with Crippen molar-refractivity contribution in [2.45, 2.75) is 26.7 Å². The average molecular weight is 294 g/mol. The molecular weight excluding hydrogens is 278 g/mol. The summed E-state index contributed by atoms with van der Waals surface area (Å²) in [4.78, 5) is 4.55. The Bertz CT molecular complexity index is 551. The van der Waals surface area contributed by atoms with Gasteiger partial charge in [0.25, 0.3) is 0 Å². The second kappa shape index (κ2) is 5.05. The van der Waals surface area contributed by atoms with Gasteiger partial charge in [0.05, 0.1) is 12.6 Å². The molecule has 0 spiro atoms. The molecule has 1 heterocycles. The molecule has 0 saturated carbocycles. The van der Waals surface area contributed by atoms with Crippen LogP contribution in [0.1, 0.15) is 25.0 Å². The summed E-state index contributed by atoms with van der Waals surface area (Å²) in [6, 6.07) is 6.44. The molecule has 3 heteroatoms. The van der Waals surface area contributed by atoms with Crippen LogP contribution in [0, 0.1) is 0 Å². The summed E-state index contributed by atoms with van der Waals surface area (Å²) in [5.41, 5.74) is 3.44. The van der Waals surface area contributed by atoms with Crippen LogP contribution in [0.2, 0.25) is 0 Å². The number of pyridine rings is 1. The Morgan fingerprint density at radius 3 is 2.35 bits per heavy atom. The number of hydrogen-bond acceptors (Lipinski definition) is 2. The predicted octanol–water partition coefficient (Wildman–Crippen LogP) is 4.13. The monoisotopic (exact) mass is 293 g/mol. The maximum Gasteiger partial charge on any atom is 0.216 e. The van der Waals surface area contributed by atoms with Gasteiger partial charge >= 0.3 is 0 Å². The number of ether oxygens (including phenoxy) is 1. The molecular formula is C14H16BrNO. The van der Waals surface area contributed by atoms with Gasteiger partial charge in [-0.2, -0.15) is 0 Å². The quantitative estimate of drug-likeness (QED) is 0.849. The van der Waals surface area contributed by atoms with Crippen LogP contribution < -0.4 is 4.74 Å². The highest BCUT2D eigenvalue weighted by Gasteiger charge is 2.08. The largest absolute Gasteiger partial charge is 0.481 e. The molecule has 0 fully saturated rings. The van der Waals surface area contributed by atoms with Crippen molar-refractivity contribution in [2.24, 2.45) is 0 Å². The van der Waals surface area contributed by atoms with Crippen LogP contribution in [0.25, 0.3) is 10.9 Å². The third-order valence-electron chi connectivity index (χ3n) is 2.98. The molecule has 17 heavy (non-hydrogen) atoms. The molecule has 1 aromatic heterocycles. The molecule has 2 aromatic rings. The minimum Gasteiger partial charge on any atom is -0.481 e. The van der Waals surface area contributed by atoms with Gasteiger partial charge in [-0.15, -0.1) is 0 Å². The van der Waals surface area contributed by atoms with Gasteiger partial charge in [0.2, 0.25) is 5.88 Å². The fourth-order valence-corrected chi connectivity index (χ4v) is 2.58. The number of fused-ring (bicyclic) bond motifs is 1. The molecule has 0 aliphatic rings. The van der Waals surface area contributed by atoms with E-state index in [1.165, 1.54) is 10.9 Å². The zero-order valence-corrected chi connectivity index (χ0v) is 12.0. The first kappa shape index (κ1) is 12.4. The Morgan fingerprint density at radius 2 is 1.76 bits per heavy atom. The molecule has 90 valence electrons. The second-order valence-corrected chi connectivity index (χ2v) is 4.85. The van der Waals surface area contributed by atoms with E-state index in [1.807, 2.05) is 0 Å². The summed E-state index contributed by atoms with van der Waals surface area (Å²) in [6.07, 6.45) is 1.95. The number of benzene rings is 1. The third kappa shape index (κ3) is 2.29. The van der Waals surface area contributed by atoms with Gasteiger partial charge in [0, 0.05) is 15.4 Å². The molecule has 0 atom stereocenters.